The van der Waals surface area contributed by atoms with E-state index in [1.54, 1.807) is 0 Å². The van der Waals surface area contributed by atoms with Gasteiger partial charge in [0, 0.05) is 17.8 Å². The van der Waals surface area contributed by atoms with Gasteiger partial charge in [0.25, 0.3) is 0 Å². The SMILES string of the molecule is C\C=C(C)/C=C\C(=C/CC)C1=CC(C)(CCC)C=CN=C1. The second-order valence-electron chi connectivity index (χ2n) is 5.88. The Kier molecular flexibility index (Phi) is 7.14. The highest BCUT2D eigenvalue weighted by Gasteiger charge is 2.19. The summed E-state index contributed by atoms with van der Waals surface area (Å²) in [6.45, 7) is 10.9. The molecule has 1 nitrogen and oxygen atoms in total. The smallest absolute Gasteiger partial charge is 0.0343 e. The molecule has 0 saturated carbocycles. The minimum atomic E-state index is 0.0941. The molecule has 114 valence electrons. The molecule has 0 aliphatic carbocycles. The number of allylic oxidation sites excluding steroid dienone is 9. The maximum Gasteiger partial charge on any atom is 0.0343 e. The average molecular weight is 283 g/mol. The van der Waals surface area contributed by atoms with Gasteiger partial charge in [0.1, 0.15) is 0 Å². The molecule has 0 amide bonds. The van der Waals surface area contributed by atoms with Crippen molar-refractivity contribution in [3.63, 3.8) is 0 Å². The van der Waals surface area contributed by atoms with Crippen LogP contribution in [0.5, 0.6) is 0 Å². The van der Waals surface area contributed by atoms with Crippen LogP contribution >= 0.6 is 0 Å². The molecule has 0 aromatic carbocycles. The zero-order valence-corrected chi connectivity index (χ0v) is 14.2. The Bertz CT molecular complexity index is 512. The van der Waals surface area contributed by atoms with E-state index in [0.717, 1.165) is 12.8 Å². The van der Waals surface area contributed by atoms with Gasteiger partial charge in [0.15, 0.2) is 0 Å². The monoisotopic (exact) mass is 283 g/mol. The van der Waals surface area contributed by atoms with E-state index >= 15 is 0 Å². The van der Waals surface area contributed by atoms with E-state index in [2.05, 4.69) is 76.1 Å². The van der Waals surface area contributed by atoms with Gasteiger partial charge in [-0.25, -0.2) is 0 Å². The summed E-state index contributed by atoms with van der Waals surface area (Å²) in [5.41, 5.74) is 3.85. The number of aliphatic imine (C=N–C) groups is 1. The Morgan fingerprint density at radius 2 is 2.05 bits per heavy atom. The zero-order chi connectivity index (χ0) is 15.7. The summed E-state index contributed by atoms with van der Waals surface area (Å²) < 4.78 is 0. The molecule has 0 aromatic heterocycles. The van der Waals surface area contributed by atoms with Crippen LogP contribution in [0, 0.1) is 5.41 Å². The average Bonchev–Trinajstić information content (AvgIpc) is 2.65. The van der Waals surface area contributed by atoms with Crippen LogP contribution in [0.25, 0.3) is 0 Å². The van der Waals surface area contributed by atoms with Crippen molar-refractivity contribution in [1.82, 2.24) is 0 Å². The molecule has 1 heterocycles. The van der Waals surface area contributed by atoms with Crippen molar-refractivity contribution in [3.05, 3.63) is 59.4 Å². The van der Waals surface area contributed by atoms with Crippen LogP contribution in [0.15, 0.2) is 64.4 Å². The van der Waals surface area contributed by atoms with Crippen LogP contribution in [-0.2, 0) is 0 Å². The highest BCUT2D eigenvalue weighted by molar-refractivity contribution is 5.87. The van der Waals surface area contributed by atoms with E-state index in [1.165, 1.54) is 23.1 Å². The van der Waals surface area contributed by atoms with Gasteiger partial charge in [-0.2, -0.15) is 0 Å². The third kappa shape index (κ3) is 5.71. The van der Waals surface area contributed by atoms with E-state index in [-0.39, 0.29) is 5.41 Å². The Hall–Kier alpha value is -1.63. The van der Waals surface area contributed by atoms with Crippen LogP contribution in [0.1, 0.15) is 53.9 Å². The minimum absolute atomic E-state index is 0.0941. The largest absolute Gasteiger partial charge is 0.264 e. The van der Waals surface area contributed by atoms with Crippen molar-refractivity contribution in [2.45, 2.75) is 53.9 Å². The highest BCUT2D eigenvalue weighted by Crippen LogP contribution is 2.31. The lowest BCUT2D eigenvalue weighted by Gasteiger charge is -2.21. The molecule has 0 fully saturated rings. The van der Waals surface area contributed by atoms with Gasteiger partial charge in [-0.05, 0) is 37.8 Å². The predicted molar refractivity (Wildman–Crippen MR) is 95.7 cm³/mol. The lowest BCUT2D eigenvalue weighted by Crippen LogP contribution is -2.10. The third-order valence-corrected chi connectivity index (χ3v) is 3.77. The molecule has 0 spiro atoms. The fourth-order valence-corrected chi connectivity index (χ4v) is 2.45. The third-order valence-electron chi connectivity index (χ3n) is 3.77. The minimum Gasteiger partial charge on any atom is -0.264 e. The van der Waals surface area contributed by atoms with Crippen molar-refractivity contribution in [2.75, 3.05) is 0 Å². The first-order chi connectivity index (χ1) is 10.0. The second kappa shape index (κ2) is 8.61. The number of hydrogen-bond donors (Lipinski definition) is 0. The van der Waals surface area contributed by atoms with Crippen molar-refractivity contribution in [2.24, 2.45) is 10.4 Å². The lowest BCUT2D eigenvalue weighted by molar-refractivity contribution is 0.491. The summed E-state index contributed by atoms with van der Waals surface area (Å²) in [6, 6.07) is 0. The quantitative estimate of drug-likeness (QED) is 0.516. The summed E-state index contributed by atoms with van der Waals surface area (Å²) in [4.78, 5) is 4.42. The van der Waals surface area contributed by atoms with E-state index in [1.807, 2.05) is 12.4 Å². The van der Waals surface area contributed by atoms with Crippen molar-refractivity contribution < 1.29 is 0 Å². The van der Waals surface area contributed by atoms with E-state index < -0.39 is 0 Å². The molecular formula is C20H29N. The van der Waals surface area contributed by atoms with Crippen molar-refractivity contribution in [1.29, 1.82) is 0 Å². The van der Waals surface area contributed by atoms with Gasteiger partial charge in [0.05, 0.1) is 0 Å². The van der Waals surface area contributed by atoms with Crippen LogP contribution in [0.2, 0.25) is 0 Å². The number of nitrogens with zero attached hydrogens (tertiary/aromatic N) is 1. The first-order valence-electron chi connectivity index (χ1n) is 8.00. The summed E-state index contributed by atoms with van der Waals surface area (Å²) in [7, 11) is 0. The van der Waals surface area contributed by atoms with E-state index in [9.17, 15) is 0 Å². The zero-order valence-electron chi connectivity index (χ0n) is 14.2. The molecule has 0 aromatic rings. The van der Waals surface area contributed by atoms with Gasteiger partial charge in [-0.3, -0.25) is 4.99 Å². The highest BCUT2D eigenvalue weighted by atomic mass is 14.7. The van der Waals surface area contributed by atoms with Crippen LogP contribution in [0.3, 0.4) is 0 Å². The molecule has 1 rings (SSSR count). The van der Waals surface area contributed by atoms with Gasteiger partial charge in [-0.1, -0.05) is 69.2 Å². The normalized spacial score (nSPS) is 23.6. The number of hydrogen-bond acceptors (Lipinski definition) is 1. The summed E-state index contributed by atoms with van der Waals surface area (Å²) in [5.74, 6) is 0. The standard InChI is InChI=1S/C20H29N/c1-6-9-18(11-10-17(4)8-3)19-15-20(5,12-7-2)13-14-21-16-19/h8-11,13-16H,6-7,12H2,1-5H3/b11-10-,17-8-,18-9+. The maximum absolute atomic E-state index is 4.42. The number of rotatable bonds is 6. The fourth-order valence-electron chi connectivity index (χ4n) is 2.45. The van der Waals surface area contributed by atoms with E-state index in [0.29, 0.717) is 0 Å². The molecule has 1 atom stereocenters. The van der Waals surface area contributed by atoms with E-state index in [4.69, 9.17) is 0 Å². The van der Waals surface area contributed by atoms with Crippen LogP contribution in [-0.4, -0.2) is 6.21 Å². The Balaban J connectivity index is 3.15. The topological polar surface area (TPSA) is 12.4 Å². The molecule has 0 radical (unpaired) electrons. The van der Waals surface area contributed by atoms with Crippen molar-refractivity contribution in [3.8, 4) is 0 Å². The predicted octanol–water partition coefficient (Wildman–Crippen LogP) is 6.18. The molecule has 0 saturated heterocycles. The van der Waals surface area contributed by atoms with Gasteiger partial charge < -0.3 is 0 Å². The maximum atomic E-state index is 4.42. The molecule has 21 heavy (non-hydrogen) atoms. The molecular weight excluding hydrogens is 254 g/mol. The van der Waals surface area contributed by atoms with Crippen molar-refractivity contribution >= 4 is 6.21 Å². The summed E-state index contributed by atoms with van der Waals surface area (Å²) in [6.07, 6.45) is 20.6. The fraction of sp³-hybridized carbons (Fsp3) is 0.450. The first kappa shape index (κ1) is 17.4. The molecule has 1 aliphatic rings. The molecule has 0 N–H and O–H groups in total. The van der Waals surface area contributed by atoms with Gasteiger partial charge in [-0.15, -0.1) is 0 Å². The summed E-state index contributed by atoms with van der Waals surface area (Å²) in [5, 5.41) is 0. The molecule has 1 unspecified atom stereocenters. The molecule has 1 heteroatoms. The van der Waals surface area contributed by atoms with Crippen LogP contribution in [0.4, 0.5) is 0 Å². The second-order valence-corrected chi connectivity index (χ2v) is 5.88. The van der Waals surface area contributed by atoms with Gasteiger partial charge in [0.2, 0.25) is 0 Å². The lowest BCUT2D eigenvalue weighted by atomic mass is 9.83. The first-order valence-corrected chi connectivity index (χ1v) is 8.00. The Morgan fingerprint density at radius 3 is 2.67 bits per heavy atom. The molecule has 1 aliphatic heterocycles. The Morgan fingerprint density at radius 1 is 1.29 bits per heavy atom. The Labute approximate surface area is 130 Å². The van der Waals surface area contributed by atoms with Crippen LogP contribution < -0.4 is 0 Å². The molecule has 0 bridgehead atoms. The van der Waals surface area contributed by atoms with Gasteiger partial charge >= 0.3 is 0 Å². The summed E-state index contributed by atoms with van der Waals surface area (Å²) >= 11 is 0.